The van der Waals surface area contributed by atoms with Gasteiger partial charge in [-0.3, -0.25) is 0 Å². The average Bonchev–Trinajstić information content (AvgIpc) is 2.55. The van der Waals surface area contributed by atoms with Gasteiger partial charge in [-0.1, -0.05) is 30.3 Å². The highest BCUT2D eigenvalue weighted by Crippen LogP contribution is 2.39. The molecule has 110 valence electrons. The lowest BCUT2D eigenvalue weighted by molar-refractivity contribution is 0.171. The molecule has 0 saturated heterocycles. The zero-order chi connectivity index (χ0) is 14.5. The fraction of sp³-hybridized carbons (Fsp3) is 0.294. The summed E-state index contributed by atoms with van der Waals surface area (Å²) in [7, 11) is 1.99. The van der Waals surface area contributed by atoms with Crippen LogP contribution in [0.25, 0.3) is 0 Å². The molecule has 1 aliphatic rings. The van der Waals surface area contributed by atoms with Crippen LogP contribution in [0.15, 0.2) is 53.4 Å². The quantitative estimate of drug-likeness (QED) is 0.856. The second-order valence-electron chi connectivity index (χ2n) is 4.88. The molecule has 2 aromatic rings. The van der Waals surface area contributed by atoms with Crippen molar-refractivity contribution in [3.8, 4) is 11.5 Å². The summed E-state index contributed by atoms with van der Waals surface area (Å²) >= 11 is 1.84. The van der Waals surface area contributed by atoms with E-state index in [1.807, 2.05) is 24.9 Å². The number of nitrogens with one attached hydrogen (secondary N) is 1. The van der Waals surface area contributed by atoms with Crippen molar-refractivity contribution in [2.24, 2.45) is 0 Å². The third-order valence-corrected chi connectivity index (χ3v) is 4.60. The Morgan fingerprint density at radius 1 is 1.05 bits per heavy atom. The van der Waals surface area contributed by atoms with E-state index in [1.165, 1.54) is 10.5 Å². The molecule has 0 saturated carbocycles. The number of hydrogen-bond donors (Lipinski definition) is 1. The largest absolute Gasteiger partial charge is 0.486 e. The van der Waals surface area contributed by atoms with Crippen LogP contribution in [0.4, 0.5) is 0 Å². The molecule has 3 rings (SSSR count). The smallest absolute Gasteiger partial charge is 0.162 e. The van der Waals surface area contributed by atoms with Crippen molar-refractivity contribution in [2.75, 3.05) is 26.8 Å². The van der Waals surface area contributed by atoms with Crippen molar-refractivity contribution in [2.45, 2.75) is 10.1 Å². The van der Waals surface area contributed by atoms with Gasteiger partial charge in [0.1, 0.15) is 13.2 Å². The highest BCUT2D eigenvalue weighted by atomic mass is 32.2. The van der Waals surface area contributed by atoms with Crippen LogP contribution in [0.3, 0.4) is 0 Å². The van der Waals surface area contributed by atoms with Gasteiger partial charge in [0.15, 0.2) is 11.5 Å². The third kappa shape index (κ3) is 3.52. The van der Waals surface area contributed by atoms with Crippen molar-refractivity contribution in [1.29, 1.82) is 0 Å². The van der Waals surface area contributed by atoms with Crippen molar-refractivity contribution >= 4 is 11.8 Å². The minimum absolute atomic E-state index is 0.374. The van der Waals surface area contributed by atoms with E-state index >= 15 is 0 Å². The number of rotatable bonds is 5. The SMILES string of the molecule is CNCC(Sc1ccc2c(c1)OCCO2)c1ccccc1. The Morgan fingerprint density at radius 3 is 2.57 bits per heavy atom. The van der Waals surface area contributed by atoms with Gasteiger partial charge in [-0.05, 0) is 30.8 Å². The van der Waals surface area contributed by atoms with Gasteiger partial charge in [0, 0.05) is 16.7 Å². The molecule has 1 aliphatic heterocycles. The summed E-state index contributed by atoms with van der Waals surface area (Å²) in [5, 5.41) is 3.65. The minimum atomic E-state index is 0.374. The van der Waals surface area contributed by atoms with Gasteiger partial charge in [0.25, 0.3) is 0 Å². The van der Waals surface area contributed by atoms with Crippen molar-refractivity contribution in [1.82, 2.24) is 5.32 Å². The van der Waals surface area contributed by atoms with Gasteiger partial charge in [0.2, 0.25) is 0 Å². The number of likely N-dealkylation sites (N-methyl/N-ethyl adjacent to an activating group) is 1. The Labute approximate surface area is 129 Å². The Bertz CT molecular complexity index is 589. The highest BCUT2D eigenvalue weighted by Gasteiger charge is 2.16. The van der Waals surface area contributed by atoms with Crippen molar-refractivity contribution < 1.29 is 9.47 Å². The van der Waals surface area contributed by atoms with Crippen LogP contribution in [0.5, 0.6) is 11.5 Å². The zero-order valence-electron chi connectivity index (χ0n) is 12.0. The molecule has 1 atom stereocenters. The molecule has 0 aliphatic carbocycles. The second-order valence-corrected chi connectivity index (χ2v) is 6.16. The molecule has 2 aromatic carbocycles. The maximum absolute atomic E-state index is 5.66. The Hall–Kier alpha value is -1.65. The molecule has 21 heavy (non-hydrogen) atoms. The second kappa shape index (κ2) is 6.87. The van der Waals surface area contributed by atoms with Gasteiger partial charge < -0.3 is 14.8 Å². The number of fused-ring (bicyclic) bond motifs is 1. The van der Waals surface area contributed by atoms with Crippen LogP contribution in [0, 0.1) is 0 Å². The summed E-state index contributed by atoms with van der Waals surface area (Å²) in [5.74, 6) is 1.69. The zero-order valence-corrected chi connectivity index (χ0v) is 12.9. The first kappa shape index (κ1) is 14.3. The van der Waals surface area contributed by atoms with E-state index < -0.39 is 0 Å². The summed E-state index contributed by atoms with van der Waals surface area (Å²) < 4.78 is 11.2. The van der Waals surface area contributed by atoms with Crippen LogP contribution in [-0.4, -0.2) is 26.8 Å². The molecule has 0 radical (unpaired) electrons. The van der Waals surface area contributed by atoms with Crippen molar-refractivity contribution in [3.63, 3.8) is 0 Å². The number of hydrogen-bond acceptors (Lipinski definition) is 4. The van der Waals surface area contributed by atoms with Gasteiger partial charge in [-0.2, -0.15) is 0 Å². The molecule has 4 heteroatoms. The predicted molar refractivity (Wildman–Crippen MR) is 86.4 cm³/mol. The Balaban J connectivity index is 1.79. The first-order valence-electron chi connectivity index (χ1n) is 7.12. The molecule has 0 bridgehead atoms. The van der Waals surface area contributed by atoms with E-state index in [4.69, 9.17) is 9.47 Å². The maximum atomic E-state index is 5.66. The van der Waals surface area contributed by atoms with Crippen molar-refractivity contribution in [3.05, 3.63) is 54.1 Å². The van der Waals surface area contributed by atoms with Crippen LogP contribution >= 0.6 is 11.8 Å². The highest BCUT2D eigenvalue weighted by molar-refractivity contribution is 7.99. The molecule has 0 spiro atoms. The molecule has 1 N–H and O–H groups in total. The molecule has 3 nitrogen and oxygen atoms in total. The normalized spacial score (nSPS) is 14.7. The number of ether oxygens (including phenoxy) is 2. The van der Waals surface area contributed by atoms with Gasteiger partial charge in [-0.25, -0.2) is 0 Å². The molecule has 1 heterocycles. The fourth-order valence-electron chi connectivity index (χ4n) is 2.34. The van der Waals surface area contributed by atoms with Crippen LogP contribution in [0.1, 0.15) is 10.8 Å². The lowest BCUT2D eigenvalue weighted by atomic mass is 10.1. The van der Waals surface area contributed by atoms with E-state index in [0.717, 1.165) is 18.0 Å². The van der Waals surface area contributed by atoms with Gasteiger partial charge >= 0.3 is 0 Å². The fourth-order valence-corrected chi connectivity index (χ4v) is 3.54. The molecule has 0 amide bonds. The summed E-state index contributed by atoms with van der Waals surface area (Å²) in [6, 6.07) is 16.7. The topological polar surface area (TPSA) is 30.5 Å². The Kier molecular flexibility index (Phi) is 4.68. The third-order valence-electron chi connectivity index (χ3n) is 3.35. The monoisotopic (exact) mass is 301 g/mol. The van der Waals surface area contributed by atoms with E-state index in [-0.39, 0.29) is 0 Å². The maximum Gasteiger partial charge on any atom is 0.162 e. The molecular weight excluding hydrogens is 282 g/mol. The van der Waals surface area contributed by atoms with Crippen LogP contribution < -0.4 is 14.8 Å². The lowest BCUT2D eigenvalue weighted by Gasteiger charge is -2.21. The summed E-state index contributed by atoms with van der Waals surface area (Å²) in [5.41, 5.74) is 1.33. The van der Waals surface area contributed by atoms with Gasteiger partial charge in [0.05, 0.1) is 0 Å². The van der Waals surface area contributed by atoms with Crippen LogP contribution in [0.2, 0.25) is 0 Å². The molecule has 0 aromatic heterocycles. The first-order valence-corrected chi connectivity index (χ1v) is 8.00. The van der Waals surface area contributed by atoms with Gasteiger partial charge in [-0.15, -0.1) is 11.8 Å². The summed E-state index contributed by atoms with van der Waals surface area (Å²) in [6.07, 6.45) is 0. The van der Waals surface area contributed by atoms with Crippen LogP contribution in [-0.2, 0) is 0 Å². The number of benzene rings is 2. The summed E-state index contributed by atoms with van der Waals surface area (Å²) in [4.78, 5) is 1.20. The predicted octanol–water partition coefficient (Wildman–Crippen LogP) is 3.51. The van der Waals surface area contributed by atoms with E-state index in [0.29, 0.717) is 18.5 Å². The minimum Gasteiger partial charge on any atom is -0.486 e. The first-order chi connectivity index (χ1) is 10.4. The van der Waals surface area contributed by atoms with E-state index in [9.17, 15) is 0 Å². The molecule has 1 unspecified atom stereocenters. The standard InChI is InChI=1S/C17H19NO2S/c1-18-12-17(13-5-3-2-4-6-13)21-14-7-8-15-16(11-14)20-10-9-19-15/h2-8,11,17-18H,9-10,12H2,1H3. The molecule has 0 fully saturated rings. The number of thioether (sulfide) groups is 1. The summed E-state index contributed by atoms with van der Waals surface area (Å²) in [6.45, 7) is 2.18. The average molecular weight is 301 g/mol. The lowest BCUT2D eigenvalue weighted by Crippen LogP contribution is -2.16. The van der Waals surface area contributed by atoms with E-state index in [2.05, 4.69) is 47.8 Å². The Morgan fingerprint density at radius 2 is 1.81 bits per heavy atom. The molecular formula is C17H19NO2S. The van der Waals surface area contributed by atoms with E-state index in [1.54, 1.807) is 0 Å².